The number of fused-ring (bicyclic) bond motifs is 1. The number of benzene rings is 1. The Labute approximate surface area is 111 Å². The third kappa shape index (κ3) is 2.54. The molecule has 1 aliphatic rings. The van der Waals surface area contributed by atoms with Crippen molar-refractivity contribution >= 4 is 17.6 Å². The molecule has 102 valence electrons. The predicted octanol–water partition coefficient (Wildman–Crippen LogP) is 1.94. The van der Waals surface area contributed by atoms with Crippen molar-refractivity contribution in [3.8, 4) is 5.75 Å². The second-order valence-electron chi connectivity index (χ2n) is 5.39. The molecule has 0 saturated carbocycles. The average molecular weight is 263 g/mol. The van der Waals surface area contributed by atoms with E-state index >= 15 is 0 Å². The van der Waals surface area contributed by atoms with E-state index in [0.717, 1.165) is 11.1 Å². The summed E-state index contributed by atoms with van der Waals surface area (Å²) >= 11 is 0. The first kappa shape index (κ1) is 13.4. The van der Waals surface area contributed by atoms with Gasteiger partial charge in [-0.05, 0) is 17.2 Å². The fourth-order valence-corrected chi connectivity index (χ4v) is 2.34. The Bertz CT molecular complexity index is 549. The molecule has 2 N–H and O–H groups in total. The topological polar surface area (TPSA) is 75.6 Å². The summed E-state index contributed by atoms with van der Waals surface area (Å²) < 4.78 is 5.28. The number of ether oxygens (including phenoxy) is 1. The maximum atomic E-state index is 11.4. The van der Waals surface area contributed by atoms with Gasteiger partial charge in [-0.15, -0.1) is 0 Å². The number of carboxylic acids is 1. The highest BCUT2D eigenvalue weighted by Crippen LogP contribution is 2.39. The highest BCUT2D eigenvalue weighted by Gasteiger charge is 2.29. The van der Waals surface area contributed by atoms with E-state index in [2.05, 4.69) is 5.32 Å². The Morgan fingerprint density at radius 2 is 2.16 bits per heavy atom. The van der Waals surface area contributed by atoms with Gasteiger partial charge in [0.15, 0.2) is 0 Å². The summed E-state index contributed by atoms with van der Waals surface area (Å²) in [5.41, 5.74) is 1.90. The monoisotopic (exact) mass is 263 g/mol. The maximum absolute atomic E-state index is 11.4. The molecule has 5 heteroatoms. The molecular formula is C14H17NO4. The first-order valence-electron chi connectivity index (χ1n) is 6.06. The minimum atomic E-state index is -0.848. The van der Waals surface area contributed by atoms with Gasteiger partial charge in [0.05, 0.1) is 25.6 Å². The van der Waals surface area contributed by atoms with Gasteiger partial charge in [0.2, 0.25) is 5.91 Å². The van der Waals surface area contributed by atoms with E-state index in [9.17, 15) is 9.59 Å². The largest absolute Gasteiger partial charge is 0.495 e. The van der Waals surface area contributed by atoms with Crippen molar-refractivity contribution < 1.29 is 19.4 Å². The van der Waals surface area contributed by atoms with Crippen molar-refractivity contribution in [1.82, 2.24) is 0 Å². The van der Waals surface area contributed by atoms with Crippen LogP contribution < -0.4 is 10.1 Å². The van der Waals surface area contributed by atoms with Crippen molar-refractivity contribution in [1.29, 1.82) is 0 Å². The molecule has 0 bridgehead atoms. The average Bonchev–Trinajstić information content (AvgIpc) is 2.66. The Morgan fingerprint density at radius 1 is 1.47 bits per heavy atom. The summed E-state index contributed by atoms with van der Waals surface area (Å²) in [6, 6.07) is 3.69. The fourth-order valence-electron chi connectivity index (χ4n) is 2.34. The molecule has 5 nitrogen and oxygen atoms in total. The number of nitrogens with one attached hydrogen (secondary N) is 1. The summed E-state index contributed by atoms with van der Waals surface area (Å²) in [4.78, 5) is 22.4. The first-order valence-corrected chi connectivity index (χ1v) is 6.06. The molecule has 19 heavy (non-hydrogen) atoms. The predicted molar refractivity (Wildman–Crippen MR) is 70.6 cm³/mol. The van der Waals surface area contributed by atoms with Crippen molar-refractivity contribution in [3.05, 3.63) is 23.3 Å². The minimum absolute atomic E-state index is 0.0241. The molecular weight excluding hydrogens is 246 g/mol. The van der Waals surface area contributed by atoms with Gasteiger partial charge < -0.3 is 15.2 Å². The van der Waals surface area contributed by atoms with Gasteiger partial charge >= 0.3 is 5.97 Å². The van der Waals surface area contributed by atoms with Crippen molar-refractivity contribution in [3.63, 3.8) is 0 Å². The lowest BCUT2D eigenvalue weighted by atomic mass is 9.80. The Morgan fingerprint density at radius 3 is 2.74 bits per heavy atom. The van der Waals surface area contributed by atoms with E-state index in [1.165, 1.54) is 7.11 Å². The SMILES string of the molecule is COc1cc(C(C)(C)CC(=O)O)cc2c1NC(=O)C2. The Kier molecular flexibility index (Phi) is 3.22. The smallest absolute Gasteiger partial charge is 0.304 e. The number of carbonyl (C=O) groups excluding carboxylic acids is 1. The van der Waals surface area contributed by atoms with Gasteiger partial charge in [-0.2, -0.15) is 0 Å². The molecule has 0 spiro atoms. The maximum Gasteiger partial charge on any atom is 0.304 e. The van der Waals surface area contributed by atoms with Gasteiger partial charge in [-0.25, -0.2) is 0 Å². The van der Waals surface area contributed by atoms with Crippen LogP contribution in [0, 0.1) is 0 Å². The van der Waals surface area contributed by atoms with E-state index < -0.39 is 11.4 Å². The van der Waals surface area contributed by atoms with Crippen LogP contribution in [0.4, 0.5) is 5.69 Å². The Balaban J connectivity index is 2.46. The van der Waals surface area contributed by atoms with Crippen molar-refractivity contribution in [2.45, 2.75) is 32.1 Å². The summed E-state index contributed by atoms with van der Waals surface area (Å²) in [6.07, 6.45) is 0.332. The zero-order valence-electron chi connectivity index (χ0n) is 11.2. The number of carbonyl (C=O) groups is 2. The highest BCUT2D eigenvalue weighted by molar-refractivity contribution is 6.01. The summed E-state index contributed by atoms with van der Waals surface area (Å²) in [6.45, 7) is 3.74. The van der Waals surface area contributed by atoms with Crippen molar-refractivity contribution in [2.75, 3.05) is 12.4 Å². The van der Waals surface area contributed by atoms with Crippen LogP contribution in [0.15, 0.2) is 12.1 Å². The number of hydrogen-bond acceptors (Lipinski definition) is 3. The second kappa shape index (κ2) is 4.57. The Hall–Kier alpha value is -2.04. The van der Waals surface area contributed by atoms with Gasteiger partial charge in [0, 0.05) is 5.41 Å². The molecule has 1 amide bonds. The standard InChI is InChI=1S/C14H17NO4/c1-14(2,7-12(17)18)9-4-8-5-11(16)15-13(8)10(6-9)19-3/h4,6H,5,7H2,1-3H3,(H,15,16)(H,17,18). The highest BCUT2D eigenvalue weighted by atomic mass is 16.5. The van der Waals surface area contributed by atoms with Crippen LogP contribution in [0.5, 0.6) is 5.75 Å². The van der Waals surface area contributed by atoms with Gasteiger partial charge in [-0.1, -0.05) is 19.9 Å². The van der Waals surface area contributed by atoms with Crippen molar-refractivity contribution in [2.24, 2.45) is 0 Å². The van der Waals surface area contributed by atoms with E-state index in [1.54, 1.807) is 6.07 Å². The molecule has 0 aliphatic carbocycles. The number of rotatable bonds is 4. The second-order valence-corrected chi connectivity index (χ2v) is 5.39. The zero-order valence-corrected chi connectivity index (χ0v) is 11.2. The summed E-state index contributed by atoms with van der Waals surface area (Å²) in [5.74, 6) is -0.336. The summed E-state index contributed by atoms with van der Waals surface area (Å²) in [5, 5.41) is 11.7. The molecule has 0 radical (unpaired) electrons. The van der Waals surface area contributed by atoms with E-state index in [4.69, 9.17) is 9.84 Å². The van der Waals surface area contributed by atoms with Crippen LogP contribution in [0.3, 0.4) is 0 Å². The third-order valence-corrected chi connectivity index (χ3v) is 3.39. The molecule has 0 aromatic heterocycles. The van der Waals surface area contributed by atoms with Gasteiger partial charge in [-0.3, -0.25) is 9.59 Å². The summed E-state index contributed by atoms with van der Waals surface area (Å²) in [7, 11) is 1.54. The lowest BCUT2D eigenvalue weighted by Gasteiger charge is -2.24. The molecule has 1 heterocycles. The molecule has 1 aromatic carbocycles. The quantitative estimate of drug-likeness (QED) is 0.870. The zero-order chi connectivity index (χ0) is 14.2. The molecule has 1 aromatic rings. The normalized spacial score (nSPS) is 13.9. The fraction of sp³-hybridized carbons (Fsp3) is 0.429. The molecule has 1 aliphatic heterocycles. The van der Waals surface area contributed by atoms with Crippen LogP contribution in [-0.2, 0) is 21.4 Å². The molecule has 0 atom stereocenters. The van der Waals surface area contributed by atoms with Crippen LogP contribution in [0.25, 0.3) is 0 Å². The number of amides is 1. The molecule has 0 fully saturated rings. The lowest BCUT2D eigenvalue weighted by molar-refractivity contribution is -0.138. The van der Waals surface area contributed by atoms with E-state index in [0.29, 0.717) is 17.9 Å². The third-order valence-electron chi connectivity index (χ3n) is 3.39. The van der Waals surface area contributed by atoms with Crippen LogP contribution in [0.2, 0.25) is 0 Å². The van der Waals surface area contributed by atoms with E-state index in [1.807, 2.05) is 19.9 Å². The van der Waals surface area contributed by atoms with Crippen LogP contribution >= 0.6 is 0 Å². The number of hydrogen-bond donors (Lipinski definition) is 2. The van der Waals surface area contributed by atoms with E-state index in [-0.39, 0.29) is 12.3 Å². The van der Waals surface area contributed by atoms with Crippen LogP contribution in [0.1, 0.15) is 31.4 Å². The molecule has 2 rings (SSSR count). The number of carboxylic acid groups (broad SMARTS) is 1. The minimum Gasteiger partial charge on any atom is -0.495 e. The molecule has 0 saturated heterocycles. The number of aliphatic carboxylic acids is 1. The lowest BCUT2D eigenvalue weighted by Crippen LogP contribution is -2.22. The number of anilines is 1. The van der Waals surface area contributed by atoms with Gasteiger partial charge in [0.25, 0.3) is 0 Å². The first-order chi connectivity index (χ1) is 8.83. The van der Waals surface area contributed by atoms with Gasteiger partial charge in [0.1, 0.15) is 5.75 Å². The molecule has 0 unspecified atom stereocenters. The number of methoxy groups -OCH3 is 1. The van der Waals surface area contributed by atoms with Crippen LogP contribution in [-0.4, -0.2) is 24.1 Å².